The number of ether oxygens (including phenoxy) is 1. The molecule has 1 aliphatic heterocycles. The number of rotatable bonds is 8. The third-order valence-corrected chi connectivity index (χ3v) is 7.24. The molecule has 3 aromatic rings. The maximum Gasteiger partial charge on any atom is 0.341 e. The van der Waals surface area contributed by atoms with Crippen LogP contribution in [-0.4, -0.2) is 37.0 Å². The highest BCUT2D eigenvalue weighted by molar-refractivity contribution is 7.17. The average Bonchev–Trinajstić information content (AvgIpc) is 3.20. The van der Waals surface area contributed by atoms with Gasteiger partial charge in [0.15, 0.2) is 0 Å². The predicted octanol–water partition coefficient (Wildman–Crippen LogP) is 5.46. The standard InChI is InChI=1S/C27H30N2O3S/c1-3-15-29-16-14-21-23(18-29)33-26(25(21)27(31)32-2)28-24(30)17-22(19-10-6-4-7-11-19)20-12-8-5-9-13-20/h4-13,22H,3,14-18H2,1-2H3,(H,28,30). The molecule has 0 radical (unpaired) electrons. The van der Waals surface area contributed by atoms with Gasteiger partial charge in [-0.2, -0.15) is 0 Å². The molecular weight excluding hydrogens is 432 g/mol. The number of nitrogens with one attached hydrogen (secondary N) is 1. The number of thiophene rings is 1. The van der Waals surface area contributed by atoms with Crippen LogP contribution in [0.2, 0.25) is 0 Å². The molecule has 33 heavy (non-hydrogen) atoms. The Labute approximate surface area is 199 Å². The van der Waals surface area contributed by atoms with Crippen LogP contribution < -0.4 is 5.32 Å². The van der Waals surface area contributed by atoms with Gasteiger partial charge in [0.05, 0.1) is 12.7 Å². The molecule has 0 bridgehead atoms. The van der Waals surface area contributed by atoms with Gasteiger partial charge in [0.25, 0.3) is 0 Å². The molecule has 0 aliphatic carbocycles. The van der Waals surface area contributed by atoms with Gasteiger partial charge in [-0.15, -0.1) is 11.3 Å². The molecule has 0 unspecified atom stereocenters. The zero-order chi connectivity index (χ0) is 23.2. The van der Waals surface area contributed by atoms with Crippen LogP contribution in [0, 0.1) is 0 Å². The number of nitrogens with zero attached hydrogens (tertiary/aromatic N) is 1. The Hall–Kier alpha value is -2.96. The summed E-state index contributed by atoms with van der Waals surface area (Å²) < 4.78 is 5.08. The highest BCUT2D eigenvalue weighted by Crippen LogP contribution is 2.38. The zero-order valence-corrected chi connectivity index (χ0v) is 20.0. The van der Waals surface area contributed by atoms with Crippen LogP contribution in [0.1, 0.15) is 57.6 Å². The second-order valence-electron chi connectivity index (χ2n) is 8.35. The van der Waals surface area contributed by atoms with E-state index in [2.05, 4.69) is 41.4 Å². The minimum absolute atomic E-state index is 0.0661. The first-order valence-corrected chi connectivity index (χ1v) is 12.3. The van der Waals surface area contributed by atoms with Crippen LogP contribution in [0.3, 0.4) is 0 Å². The molecule has 0 atom stereocenters. The van der Waals surface area contributed by atoms with Crippen molar-refractivity contribution in [3.05, 3.63) is 87.8 Å². The number of methoxy groups -OCH3 is 1. The van der Waals surface area contributed by atoms with Gasteiger partial charge in [0.1, 0.15) is 5.00 Å². The van der Waals surface area contributed by atoms with Gasteiger partial charge in [0, 0.05) is 30.3 Å². The molecule has 0 saturated heterocycles. The summed E-state index contributed by atoms with van der Waals surface area (Å²) in [7, 11) is 1.39. The lowest BCUT2D eigenvalue weighted by molar-refractivity contribution is -0.116. The Bertz CT molecular complexity index is 1060. The molecule has 2 heterocycles. The minimum atomic E-state index is -0.380. The van der Waals surface area contributed by atoms with Gasteiger partial charge in [-0.25, -0.2) is 4.79 Å². The quantitative estimate of drug-likeness (QED) is 0.452. The Morgan fingerprint density at radius 1 is 1.06 bits per heavy atom. The van der Waals surface area contributed by atoms with Gasteiger partial charge in [-0.1, -0.05) is 67.6 Å². The van der Waals surface area contributed by atoms with Crippen molar-refractivity contribution in [2.24, 2.45) is 0 Å². The van der Waals surface area contributed by atoms with Crippen LogP contribution in [0.15, 0.2) is 60.7 Å². The number of amides is 1. The summed E-state index contributed by atoms with van der Waals surface area (Å²) in [4.78, 5) is 29.4. The highest BCUT2D eigenvalue weighted by atomic mass is 32.1. The van der Waals surface area contributed by atoms with E-state index in [1.165, 1.54) is 18.4 Å². The van der Waals surface area contributed by atoms with E-state index in [9.17, 15) is 9.59 Å². The fourth-order valence-corrected chi connectivity index (χ4v) is 5.83. The first-order chi connectivity index (χ1) is 16.1. The molecule has 6 heteroatoms. The van der Waals surface area contributed by atoms with E-state index in [0.717, 1.165) is 54.0 Å². The fraction of sp³-hybridized carbons (Fsp3) is 0.333. The summed E-state index contributed by atoms with van der Waals surface area (Å²) in [6.07, 6.45) is 2.18. The van der Waals surface area contributed by atoms with Crippen molar-refractivity contribution >= 4 is 28.2 Å². The molecule has 4 rings (SSSR count). The second-order valence-corrected chi connectivity index (χ2v) is 9.46. The van der Waals surface area contributed by atoms with Crippen molar-refractivity contribution in [1.29, 1.82) is 0 Å². The third-order valence-electron chi connectivity index (χ3n) is 6.11. The zero-order valence-electron chi connectivity index (χ0n) is 19.2. The molecule has 1 N–H and O–H groups in total. The van der Waals surface area contributed by atoms with E-state index in [-0.39, 0.29) is 17.8 Å². The Balaban J connectivity index is 1.59. The number of carbonyl (C=O) groups excluding carboxylic acids is 2. The number of hydrogen-bond acceptors (Lipinski definition) is 5. The van der Waals surface area contributed by atoms with Gasteiger partial charge in [-0.05, 0) is 36.1 Å². The maximum absolute atomic E-state index is 13.2. The molecule has 5 nitrogen and oxygen atoms in total. The first kappa shape index (κ1) is 23.2. The lowest BCUT2D eigenvalue weighted by atomic mass is 9.88. The van der Waals surface area contributed by atoms with Crippen molar-refractivity contribution in [3.8, 4) is 0 Å². The van der Waals surface area contributed by atoms with Crippen molar-refractivity contribution < 1.29 is 14.3 Å². The van der Waals surface area contributed by atoms with E-state index in [4.69, 9.17) is 4.74 Å². The summed E-state index contributed by atoms with van der Waals surface area (Å²) in [6.45, 7) is 4.93. The molecule has 1 aliphatic rings. The molecule has 0 saturated carbocycles. The molecule has 1 aromatic heterocycles. The Kier molecular flexibility index (Phi) is 7.57. The summed E-state index contributed by atoms with van der Waals surface area (Å²) >= 11 is 1.51. The Morgan fingerprint density at radius 2 is 1.70 bits per heavy atom. The monoisotopic (exact) mass is 462 g/mol. The maximum atomic E-state index is 13.2. The van der Waals surface area contributed by atoms with Crippen molar-refractivity contribution in [1.82, 2.24) is 4.90 Å². The normalized spacial score (nSPS) is 13.5. The fourth-order valence-electron chi connectivity index (χ4n) is 4.53. The number of hydrogen-bond donors (Lipinski definition) is 1. The molecular formula is C27H30N2O3S. The molecule has 0 fully saturated rings. The minimum Gasteiger partial charge on any atom is -0.465 e. The molecule has 0 spiro atoms. The van der Waals surface area contributed by atoms with Crippen LogP contribution in [0.5, 0.6) is 0 Å². The average molecular weight is 463 g/mol. The van der Waals surface area contributed by atoms with Gasteiger partial charge < -0.3 is 10.1 Å². The van der Waals surface area contributed by atoms with Crippen LogP contribution >= 0.6 is 11.3 Å². The van der Waals surface area contributed by atoms with Crippen molar-refractivity contribution in [3.63, 3.8) is 0 Å². The number of anilines is 1. The largest absolute Gasteiger partial charge is 0.465 e. The molecule has 1 amide bonds. The van der Waals surface area contributed by atoms with Crippen LogP contribution in [0.4, 0.5) is 5.00 Å². The van der Waals surface area contributed by atoms with E-state index in [1.807, 2.05) is 36.4 Å². The molecule has 172 valence electrons. The van der Waals surface area contributed by atoms with Crippen molar-refractivity contribution in [2.75, 3.05) is 25.5 Å². The highest BCUT2D eigenvalue weighted by Gasteiger charge is 2.29. The third kappa shape index (κ3) is 5.34. The number of esters is 1. The lowest BCUT2D eigenvalue weighted by Gasteiger charge is -2.26. The van der Waals surface area contributed by atoms with Gasteiger partial charge >= 0.3 is 5.97 Å². The van der Waals surface area contributed by atoms with E-state index in [0.29, 0.717) is 17.0 Å². The Morgan fingerprint density at radius 3 is 2.27 bits per heavy atom. The number of benzene rings is 2. The van der Waals surface area contributed by atoms with Crippen molar-refractivity contribution in [2.45, 2.75) is 38.6 Å². The first-order valence-electron chi connectivity index (χ1n) is 11.5. The van der Waals surface area contributed by atoms with Gasteiger partial charge in [-0.3, -0.25) is 9.69 Å². The second kappa shape index (κ2) is 10.8. The predicted molar refractivity (Wildman–Crippen MR) is 133 cm³/mol. The summed E-state index contributed by atoms with van der Waals surface area (Å²) in [6, 6.07) is 20.1. The smallest absolute Gasteiger partial charge is 0.341 e. The number of fused-ring (bicyclic) bond motifs is 1. The van der Waals surface area contributed by atoms with Crippen LogP contribution in [-0.2, 0) is 22.5 Å². The summed E-state index contributed by atoms with van der Waals surface area (Å²) in [5.74, 6) is -0.556. The molecule has 2 aromatic carbocycles. The number of carbonyl (C=O) groups is 2. The lowest BCUT2D eigenvalue weighted by Crippen LogP contribution is -2.30. The van der Waals surface area contributed by atoms with E-state index >= 15 is 0 Å². The summed E-state index contributed by atoms with van der Waals surface area (Å²) in [5.41, 5.74) is 3.73. The topological polar surface area (TPSA) is 58.6 Å². The van der Waals surface area contributed by atoms with E-state index in [1.54, 1.807) is 0 Å². The van der Waals surface area contributed by atoms with Gasteiger partial charge in [0.2, 0.25) is 5.91 Å². The SMILES string of the molecule is CCCN1CCc2c(sc(NC(=O)CC(c3ccccc3)c3ccccc3)c2C(=O)OC)C1. The van der Waals surface area contributed by atoms with Crippen LogP contribution in [0.25, 0.3) is 0 Å². The summed E-state index contributed by atoms with van der Waals surface area (Å²) in [5, 5.41) is 3.67. The van der Waals surface area contributed by atoms with E-state index < -0.39 is 0 Å².